The molecule has 0 aliphatic heterocycles. The summed E-state index contributed by atoms with van der Waals surface area (Å²) >= 11 is 0. The molecule has 0 atom stereocenters. The molecular weight excluding hydrogens is 210 g/mol. The molecule has 1 aromatic carbocycles. The number of rotatable bonds is 7. The van der Waals surface area contributed by atoms with Gasteiger partial charge < -0.3 is 10.1 Å². The summed E-state index contributed by atoms with van der Waals surface area (Å²) in [5.41, 5.74) is 2.55. The van der Waals surface area contributed by atoms with Crippen molar-refractivity contribution in [2.24, 2.45) is 0 Å². The van der Waals surface area contributed by atoms with E-state index < -0.39 is 0 Å². The first-order valence-electron chi connectivity index (χ1n) is 6.76. The lowest BCUT2D eigenvalue weighted by molar-refractivity contribution is 0.303. The first-order valence-corrected chi connectivity index (χ1v) is 6.76. The Balaban J connectivity index is 1.98. The van der Waals surface area contributed by atoms with E-state index in [0.717, 1.165) is 31.4 Å². The average Bonchev–Trinajstić information content (AvgIpc) is 3.13. The minimum absolute atomic E-state index is 0.749. The van der Waals surface area contributed by atoms with Gasteiger partial charge in [-0.15, -0.1) is 0 Å². The fourth-order valence-corrected chi connectivity index (χ4v) is 1.92. The van der Waals surface area contributed by atoms with E-state index in [0.29, 0.717) is 0 Å². The molecule has 0 saturated heterocycles. The van der Waals surface area contributed by atoms with Gasteiger partial charge in [-0.2, -0.15) is 0 Å². The Kier molecular flexibility index (Phi) is 4.43. The fraction of sp³-hybridized carbons (Fsp3) is 0.600. The normalized spacial score (nSPS) is 14.9. The Bertz CT molecular complexity index is 358. The zero-order valence-electron chi connectivity index (χ0n) is 11.0. The van der Waals surface area contributed by atoms with Crippen LogP contribution in [-0.4, -0.2) is 12.6 Å². The van der Waals surface area contributed by atoms with Crippen LogP contribution in [-0.2, 0) is 6.54 Å². The molecule has 0 amide bonds. The highest BCUT2D eigenvalue weighted by atomic mass is 16.5. The summed E-state index contributed by atoms with van der Waals surface area (Å²) in [6.07, 6.45) is 4.97. The predicted molar refractivity (Wildman–Crippen MR) is 71.4 cm³/mol. The van der Waals surface area contributed by atoms with E-state index in [1.54, 1.807) is 0 Å². The van der Waals surface area contributed by atoms with Crippen LogP contribution >= 0.6 is 0 Å². The molecule has 17 heavy (non-hydrogen) atoms. The van der Waals surface area contributed by atoms with Crippen LogP contribution in [0.5, 0.6) is 5.75 Å². The van der Waals surface area contributed by atoms with Gasteiger partial charge in [-0.1, -0.05) is 31.5 Å². The van der Waals surface area contributed by atoms with Crippen molar-refractivity contribution in [1.29, 1.82) is 0 Å². The van der Waals surface area contributed by atoms with Crippen LogP contribution in [0.25, 0.3) is 0 Å². The molecular formula is C15H23NO. The number of aryl methyl sites for hydroxylation is 1. The minimum Gasteiger partial charge on any atom is -0.493 e. The van der Waals surface area contributed by atoms with Crippen LogP contribution in [0, 0.1) is 6.92 Å². The molecule has 1 aliphatic rings. The molecule has 1 fully saturated rings. The molecule has 2 heteroatoms. The molecule has 0 aromatic heterocycles. The van der Waals surface area contributed by atoms with Crippen LogP contribution in [0.3, 0.4) is 0 Å². The van der Waals surface area contributed by atoms with E-state index in [-0.39, 0.29) is 0 Å². The number of hydrogen-bond donors (Lipinski definition) is 1. The summed E-state index contributed by atoms with van der Waals surface area (Å²) in [5.74, 6) is 1.09. The smallest absolute Gasteiger partial charge is 0.126 e. The van der Waals surface area contributed by atoms with Crippen molar-refractivity contribution in [2.75, 3.05) is 6.61 Å². The van der Waals surface area contributed by atoms with E-state index in [4.69, 9.17) is 4.74 Å². The Morgan fingerprint density at radius 1 is 1.35 bits per heavy atom. The van der Waals surface area contributed by atoms with Gasteiger partial charge in [0.1, 0.15) is 5.75 Å². The van der Waals surface area contributed by atoms with Gasteiger partial charge in [0.15, 0.2) is 0 Å². The quantitative estimate of drug-likeness (QED) is 0.729. The van der Waals surface area contributed by atoms with E-state index in [1.165, 1.54) is 30.4 Å². The summed E-state index contributed by atoms with van der Waals surface area (Å²) < 4.78 is 5.92. The lowest BCUT2D eigenvalue weighted by Gasteiger charge is -2.14. The fourth-order valence-electron chi connectivity index (χ4n) is 1.92. The molecule has 0 unspecified atom stereocenters. The first-order chi connectivity index (χ1) is 8.31. The number of para-hydroxylation sites is 1. The minimum atomic E-state index is 0.749. The number of unbranched alkanes of at least 4 members (excludes halogenated alkanes) is 1. The van der Waals surface area contributed by atoms with Gasteiger partial charge in [0.25, 0.3) is 0 Å². The average molecular weight is 233 g/mol. The highest BCUT2D eigenvalue weighted by Crippen LogP contribution is 2.25. The second-order valence-corrected chi connectivity index (χ2v) is 4.92. The lowest BCUT2D eigenvalue weighted by Crippen LogP contribution is -2.16. The Hall–Kier alpha value is -1.02. The number of ether oxygens (including phenoxy) is 1. The standard InChI is InChI=1S/C15H23NO/c1-3-4-10-17-15-12(2)6-5-7-13(15)11-16-14-8-9-14/h5-7,14,16H,3-4,8-11H2,1-2H3. The number of benzene rings is 1. The largest absolute Gasteiger partial charge is 0.493 e. The van der Waals surface area contributed by atoms with Crippen LogP contribution in [0.15, 0.2) is 18.2 Å². The maximum Gasteiger partial charge on any atom is 0.126 e. The monoisotopic (exact) mass is 233 g/mol. The third-order valence-electron chi connectivity index (χ3n) is 3.20. The van der Waals surface area contributed by atoms with Crippen molar-refractivity contribution < 1.29 is 4.74 Å². The summed E-state index contributed by atoms with van der Waals surface area (Å²) in [6.45, 7) is 6.09. The molecule has 0 bridgehead atoms. The summed E-state index contributed by atoms with van der Waals surface area (Å²) in [7, 11) is 0. The van der Waals surface area contributed by atoms with Gasteiger partial charge in [0.05, 0.1) is 6.61 Å². The third-order valence-corrected chi connectivity index (χ3v) is 3.20. The van der Waals surface area contributed by atoms with Gasteiger partial charge in [0.2, 0.25) is 0 Å². The van der Waals surface area contributed by atoms with Gasteiger partial charge in [-0.3, -0.25) is 0 Å². The lowest BCUT2D eigenvalue weighted by atomic mass is 10.1. The zero-order chi connectivity index (χ0) is 12.1. The Morgan fingerprint density at radius 3 is 2.88 bits per heavy atom. The maximum absolute atomic E-state index is 5.92. The molecule has 2 rings (SSSR count). The van der Waals surface area contributed by atoms with Crippen molar-refractivity contribution in [3.05, 3.63) is 29.3 Å². The van der Waals surface area contributed by atoms with E-state index in [1.807, 2.05) is 0 Å². The van der Waals surface area contributed by atoms with Crippen molar-refractivity contribution in [3.8, 4) is 5.75 Å². The topological polar surface area (TPSA) is 21.3 Å². The van der Waals surface area contributed by atoms with Crippen molar-refractivity contribution in [1.82, 2.24) is 5.32 Å². The second-order valence-electron chi connectivity index (χ2n) is 4.92. The zero-order valence-corrected chi connectivity index (χ0v) is 11.0. The van der Waals surface area contributed by atoms with Crippen LogP contribution < -0.4 is 10.1 Å². The van der Waals surface area contributed by atoms with E-state index in [2.05, 4.69) is 37.4 Å². The third kappa shape index (κ3) is 3.74. The van der Waals surface area contributed by atoms with Crippen LogP contribution in [0.4, 0.5) is 0 Å². The molecule has 1 saturated carbocycles. The van der Waals surface area contributed by atoms with Crippen LogP contribution in [0.2, 0.25) is 0 Å². The van der Waals surface area contributed by atoms with Gasteiger partial charge in [0, 0.05) is 18.2 Å². The van der Waals surface area contributed by atoms with Crippen molar-refractivity contribution in [3.63, 3.8) is 0 Å². The first kappa shape index (κ1) is 12.4. The SMILES string of the molecule is CCCCOc1c(C)cccc1CNC1CC1. The van der Waals surface area contributed by atoms with Gasteiger partial charge in [-0.25, -0.2) is 0 Å². The molecule has 94 valence electrons. The van der Waals surface area contributed by atoms with E-state index in [9.17, 15) is 0 Å². The van der Waals surface area contributed by atoms with Crippen LogP contribution in [0.1, 0.15) is 43.7 Å². The summed E-state index contributed by atoms with van der Waals surface area (Å²) in [4.78, 5) is 0. The van der Waals surface area contributed by atoms with Gasteiger partial charge >= 0.3 is 0 Å². The summed E-state index contributed by atoms with van der Waals surface area (Å²) in [6, 6.07) is 7.16. The molecule has 1 aliphatic carbocycles. The van der Waals surface area contributed by atoms with Gasteiger partial charge in [-0.05, 0) is 31.7 Å². The number of nitrogens with one attached hydrogen (secondary N) is 1. The molecule has 2 nitrogen and oxygen atoms in total. The summed E-state index contributed by atoms with van der Waals surface area (Å²) in [5, 5.41) is 3.55. The van der Waals surface area contributed by atoms with Crippen molar-refractivity contribution in [2.45, 2.75) is 52.1 Å². The Morgan fingerprint density at radius 2 is 2.18 bits per heavy atom. The maximum atomic E-state index is 5.92. The molecule has 0 radical (unpaired) electrons. The molecule has 0 heterocycles. The highest BCUT2D eigenvalue weighted by molar-refractivity contribution is 5.40. The molecule has 0 spiro atoms. The molecule has 1 N–H and O–H groups in total. The predicted octanol–water partition coefficient (Wildman–Crippen LogP) is 3.43. The Labute approximate surface area is 104 Å². The number of hydrogen-bond acceptors (Lipinski definition) is 2. The highest BCUT2D eigenvalue weighted by Gasteiger charge is 2.20. The van der Waals surface area contributed by atoms with Crippen molar-refractivity contribution >= 4 is 0 Å². The van der Waals surface area contributed by atoms with E-state index >= 15 is 0 Å². The second kappa shape index (κ2) is 6.06. The molecule has 1 aromatic rings.